The van der Waals surface area contributed by atoms with E-state index in [0.717, 1.165) is 6.42 Å². The topological polar surface area (TPSA) is 52.7 Å². The lowest BCUT2D eigenvalue weighted by Gasteiger charge is -2.24. The summed E-state index contributed by atoms with van der Waals surface area (Å²) in [6.07, 6.45) is 0.967. The van der Waals surface area contributed by atoms with Gasteiger partial charge >= 0.3 is 0 Å². The quantitative estimate of drug-likeness (QED) is 0.857. The molecule has 5 nitrogen and oxygen atoms in total. The van der Waals surface area contributed by atoms with Crippen LogP contribution in [0.4, 0.5) is 4.39 Å². The molecule has 2 rings (SSSR count). The Morgan fingerprint density at radius 1 is 1.20 bits per heavy atom. The Morgan fingerprint density at radius 3 is 2.56 bits per heavy atom. The highest BCUT2D eigenvalue weighted by Gasteiger charge is 2.24. The summed E-state index contributed by atoms with van der Waals surface area (Å²) >= 11 is 0. The molecular weight excluding hydrogens is 345 g/mol. The molecule has 0 aliphatic carbocycles. The SMILES string of the molecule is CNCC(C)C(=O)N1CCCN(C(=O)Cc2cccc(F)c2)CC1.Cl. The first-order valence-corrected chi connectivity index (χ1v) is 8.47. The van der Waals surface area contributed by atoms with Crippen LogP contribution in [0.15, 0.2) is 24.3 Å². The van der Waals surface area contributed by atoms with E-state index >= 15 is 0 Å². The molecule has 1 unspecified atom stereocenters. The number of carbonyl (C=O) groups is 2. The van der Waals surface area contributed by atoms with Crippen molar-refractivity contribution < 1.29 is 14.0 Å². The van der Waals surface area contributed by atoms with E-state index in [9.17, 15) is 14.0 Å². The molecule has 1 atom stereocenters. The van der Waals surface area contributed by atoms with Crippen molar-refractivity contribution >= 4 is 24.2 Å². The van der Waals surface area contributed by atoms with Crippen molar-refractivity contribution in [3.8, 4) is 0 Å². The Bertz CT molecular complexity index is 585. The number of nitrogens with zero attached hydrogens (tertiary/aromatic N) is 2. The summed E-state index contributed by atoms with van der Waals surface area (Å²) in [5, 5.41) is 3.02. The zero-order chi connectivity index (χ0) is 17.5. The van der Waals surface area contributed by atoms with Crippen molar-refractivity contribution in [1.29, 1.82) is 0 Å². The Labute approximate surface area is 155 Å². The van der Waals surface area contributed by atoms with Crippen LogP contribution in [0, 0.1) is 11.7 Å². The highest BCUT2D eigenvalue weighted by molar-refractivity contribution is 5.85. The molecule has 1 fully saturated rings. The lowest BCUT2D eigenvalue weighted by atomic mass is 10.1. The fraction of sp³-hybridized carbons (Fsp3) is 0.556. The van der Waals surface area contributed by atoms with Crippen molar-refractivity contribution in [3.05, 3.63) is 35.6 Å². The molecule has 0 saturated carbocycles. The summed E-state index contributed by atoms with van der Waals surface area (Å²) in [5.74, 6) is -0.280. The van der Waals surface area contributed by atoms with Gasteiger partial charge < -0.3 is 15.1 Å². The van der Waals surface area contributed by atoms with Crippen LogP contribution in [0.2, 0.25) is 0 Å². The van der Waals surface area contributed by atoms with Gasteiger partial charge in [-0.2, -0.15) is 0 Å². The van der Waals surface area contributed by atoms with Crippen LogP contribution in [0.1, 0.15) is 18.9 Å². The summed E-state index contributed by atoms with van der Waals surface area (Å²) in [7, 11) is 1.83. The van der Waals surface area contributed by atoms with Gasteiger partial charge in [-0.1, -0.05) is 19.1 Å². The average Bonchev–Trinajstić information content (AvgIpc) is 2.80. The number of benzene rings is 1. The van der Waals surface area contributed by atoms with Gasteiger partial charge in [-0.05, 0) is 31.2 Å². The normalized spacial score (nSPS) is 16.0. The molecule has 1 aromatic rings. The summed E-state index contributed by atoms with van der Waals surface area (Å²) in [6.45, 7) is 4.97. The molecule has 140 valence electrons. The second kappa shape index (κ2) is 10.4. The lowest BCUT2D eigenvalue weighted by Crippen LogP contribution is -2.41. The maximum absolute atomic E-state index is 13.2. The molecule has 0 aromatic heterocycles. The Hall–Kier alpha value is -1.66. The molecule has 1 N–H and O–H groups in total. The van der Waals surface area contributed by atoms with Crippen LogP contribution in [0.3, 0.4) is 0 Å². The summed E-state index contributed by atoms with van der Waals surface area (Å²) in [5.41, 5.74) is 0.680. The zero-order valence-corrected chi connectivity index (χ0v) is 15.7. The van der Waals surface area contributed by atoms with Gasteiger partial charge in [0.1, 0.15) is 5.82 Å². The molecule has 1 aromatic carbocycles. The molecular formula is C18H27ClFN3O2. The number of rotatable bonds is 5. The van der Waals surface area contributed by atoms with E-state index in [-0.39, 0.29) is 42.4 Å². The van der Waals surface area contributed by atoms with Crippen molar-refractivity contribution in [2.75, 3.05) is 39.8 Å². The highest BCUT2D eigenvalue weighted by atomic mass is 35.5. The predicted octanol–water partition coefficient (Wildman–Crippen LogP) is 1.71. The van der Waals surface area contributed by atoms with Crippen molar-refractivity contribution in [3.63, 3.8) is 0 Å². The van der Waals surface area contributed by atoms with E-state index in [2.05, 4.69) is 5.32 Å². The molecule has 25 heavy (non-hydrogen) atoms. The van der Waals surface area contributed by atoms with Crippen molar-refractivity contribution in [2.24, 2.45) is 5.92 Å². The fourth-order valence-corrected chi connectivity index (χ4v) is 3.03. The minimum Gasteiger partial charge on any atom is -0.341 e. The van der Waals surface area contributed by atoms with Crippen LogP contribution in [-0.4, -0.2) is 61.4 Å². The predicted molar refractivity (Wildman–Crippen MR) is 98.2 cm³/mol. The van der Waals surface area contributed by atoms with Gasteiger partial charge in [0.25, 0.3) is 0 Å². The molecule has 1 heterocycles. The van der Waals surface area contributed by atoms with Crippen LogP contribution in [0.5, 0.6) is 0 Å². The number of nitrogens with one attached hydrogen (secondary N) is 1. The third-order valence-electron chi connectivity index (χ3n) is 4.34. The minimum atomic E-state index is -0.327. The Balaban J connectivity index is 0.00000312. The van der Waals surface area contributed by atoms with E-state index < -0.39 is 0 Å². The van der Waals surface area contributed by atoms with E-state index in [4.69, 9.17) is 0 Å². The highest BCUT2D eigenvalue weighted by Crippen LogP contribution is 2.11. The molecule has 0 bridgehead atoms. The zero-order valence-electron chi connectivity index (χ0n) is 14.8. The average molecular weight is 372 g/mol. The van der Waals surface area contributed by atoms with E-state index in [1.54, 1.807) is 17.0 Å². The molecule has 0 spiro atoms. The monoisotopic (exact) mass is 371 g/mol. The summed E-state index contributed by atoms with van der Waals surface area (Å²) in [4.78, 5) is 28.4. The Morgan fingerprint density at radius 2 is 1.88 bits per heavy atom. The first-order chi connectivity index (χ1) is 11.5. The summed E-state index contributed by atoms with van der Waals surface area (Å²) < 4.78 is 13.2. The molecule has 1 aliphatic rings. The maximum Gasteiger partial charge on any atom is 0.227 e. The third-order valence-corrected chi connectivity index (χ3v) is 4.34. The van der Waals surface area contributed by atoms with Gasteiger partial charge in [0, 0.05) is 38.6 Å². The number of carbonyl (C=O) groups excluding carboxylic acids is 2. The van der Waals surface area contributed by atoms with Gasteiger partial charge in [0.15, 0.2) is 0 Å². The number of hydrogen-bond acceptors (Lipinski definition) is 3. The number of hydrogen-bond donors (Lipinski definition) is 1. The van der Waals surface area contributed by atoms with Crippen molar-refractivity contribution in [1.82, 2.24) is 15.1 Å². The molecule has 1 saturated heterocycles. The van der Waals surface area contributed by atoms with Gasteiger partial charge in [-0.15, -0.1) is 12.4 Å². The van der Waals surface area contributed by atoms with Gasteiger partial charge in [0.05, 0.1) is 6.42 Å². The summed E-state index contributed by atoms with van der Waals surface area (Å²) in [6, 6.07) is 6.14. The minimum absolute atomic E-state index is 0. The first kappa shape index (κ1) is 21.4. The van der Waals surface area contributed by atoms with Crippen LogP contribution < -0.4 is 5.32 Å². The molecule has 0 radical (unpaired) electrons. The molecule has 1 aliphatic heterocycles. The standard InChI is InChI=1S/C18H26FN3O2.ClH/c1-14(13-20-2)18(24)22-8-4-7-21(9-10-22)17(23)12-15-5-3-6-16(19)11-15;/h3,5-6,11,14,20H,4,7-10,12-13H2,1-2H3;1H. The smallest absolute Gasteiger partial charge is 0.227 e. The lowest BCUT2D eigenvalue weighted by molar-refractivity contribution is -0.135. The van der Waals surface area contributed by atoms with Gasteiger partial charge in [-0.25, -0.2) is 4.39 Å². The largest absolute Gasteiger partial charge is 0.341 e. The maximum atomic E-state index is 13.2. The van der Waals surface area contributed by atoms with Crippen LogP contribution >= 0.6 is 12.4 Å². The first-order valence-electron chi connectivity index (χ1n) is 8.47. The van der Waals surface area contributed by atoms with E-state index in [1.165, 1.54) is 12.1 Å². The van der Waals surface area contributed by atoms with Crippen molar-refractivity contribution in [2.45, 2.75) is 19.8 Å². The van der Waals surface area contributed by atoms with E-state index in [0.29, 0.717) is 38.3 Å². The second-order valence-electron chi connectivity index (χ2n) is 6.33. The number of amides is 2. The van der Waals surface area contributed by atoms with Gasteiger partial charge in [-0.3, -0.25) is 9.59 Å². The van der Waals surface area contributed by atoms with Gasteiger partial charge in [0.2, 0.25) is 11.8 Å². The fourth-order valence-electron chi connectivity index (χ4n) is 3.03. The Kier molecular flexibility index (Phi) is 8.86. The number of halogens is 2. The van der Waals surface area contributed by atoms with E-state index in [1.807, 2.05) is 18.9 Å². The second-order valence-corrected chi connectivity index (χ2v) is 6.33. The van der Waals surface area contributed by atoms with Crippen LogP contribution in [-0.2, 0) is 16.0 Å². The third kappa shape index (κ3) is 6.29. The molecule has 7 heteroatoms. The molecule has 2 amide bonds. The van der Waals surface area contributed by atoms with Crippen LogP contribution in [0.25, 0.3) is 0 Å².